The molecule has 3 heterocycles. The van der Waals surface area contributed by atoms with Crippen LogP contribution in [-0.4, -0.2) is 9.13 Å². The number of hydrogen-bond acceptors (Lipinski definition) is 1. The molecule has 0 radical (unpaired) electrons. The normalized spacial score (nSPS) is 12.9. The fourth-order valence-electron chi connectivity index (χ4n) is 8.47. The fourth-order valence-corrected chi connectivity index (χ4v) is 8.47. The Bertz CT molecular complexity index is 2970. The highest BCUT2D eigenvalue weighted by Gasteiger charge is 2.20. The van der Waals surface area contributed by atoms with E-state index in [9.17, 15) is 0 Å². The molecule has 1 aliphatic rings. The molecule has 0 bridgehead atoms. The van der Waals surface area contributed by atoms with Crippen LogP contribution >= 0.6 is 0 Å². The van der Waals surface area contributed by atoms with Gasteiger partial charge in [-0.15, -0.1) is 0 Å². The van der Waals surface area contributed by atoms with Crippen LogP contribution < -0.4 is 0 Å². The Morgan fingerprint density at radius 2 is 1.08 bits per heavy atom. The summed E-state index contributed by atoms with van der Waals surface area (Å²) in [4.78, 5) is 0. The third kappa shape index (κ3) is 4.25. The maximum absolute atomic E-state index is 6.68. The maximum atomic E-state index is 6.68. The minimum absolute atomic E-state index is 0.893. The summed E-state index contributed by atoms with van der Waals surface area (Å²) in [5, 5.41) is 6.03. The third-order valence-electron chi connectivity index (χ3n) is 10.8. The van der Waals surface area contributed by atoms with E-state index in [0.29, 0.717) is 0 Å². The highest BCUT2D eigenvalue weighted by molar-refractivity contribution is 6.13. The van der Waals surface area contributed by atoms with Gasteiger partial charge in [-0.2, -0.15) is 0 Å². The van der Waals surface area contributed by atoms with E-state index in [2.05, 4.69) is 179 Å². The van der Waals surface area contributed by atoms with Crippen molar-refractivity contribution in [1.29, 1.82) is 0 Å². The second-order valence-corrected chi connectivity index (χ2v) is 13.6. The molecule has 3 nitrogen and oxygen atoms in total. The number of furan rings is 1. The van der Waals surface area contributed by atoms with Crippen molar-refractivity contribution in [3.63, 3.8) is 0 Å². The van der Waals surface area contributed by atoms with E-state index in [1.54, 1.807) is 0 Å². The highest BCUT2D eigenvalue weighted by Crippen LogP contribution is 2.40. The highest BCUT2D eigenvalue weighted by atomic mass is 16.3. The molecule has 3 aromatic heterocycles. The number of rotatable bonds is 4. The number of benzene rings is 7. The molecule has 1 aliphatic carbocycles. The second-order valence-electron chi connectivity index (χ2n) is 13.6. The SMILES string of the molecule is C1=Cc2c(n(-c3ccccc3)c3ccc(-c4cccc(-c5ccc6oc7c(-n8c9ccccc9c9ccccc98)cccc7c6c5)c4)cc23)CC1. The van der Waals surface area contributed by atoms with Crippen LogP contribution in [0.3, 0.4) is 0 Å². The van der Waals surface area contributed by atoms with Gasteiger partial charge in [-0.25, -0.2) is 0 Å². The van der Waals surface area contributed by atoms with Crippen molar-refractivity contribution < 1.29 is 4.42 Å². The van der Waals surface area contributed by atoms with Gasteiger partial charge < -0.3 is 13.6 Å². The molecule has 51 heavy (non-hydrogen) atoms. The molecular formula is C48H32N2O. The van der Waals surface area contributed by atoms with Crippen molar-refractivity contribution in [2.45, 2.75) is 12.8 Å². The molecule has 11 rings (SSSR count). The van der Waals surface area contributed by atoms with Crippen LogP contribution in [0.4, 0.5) is 0 Å². The van der Waals surface area contributed by atoms with Gasteiger partial charge in [0.2, 0.25) is 0 Å². The lowest BCUT2D eigenvalue weighted by atomic mass is 9.96. The topological polar surface area (TPSA) is 23.0 Å². The lowest BCUT2D eigenvalue weighted by Crippen LogP contribution is -2.02. The number of aromatic nitrogens is 2. The molecule has 240 valence electrons. The molecule has 0 spiro atoms. The van der Waals surface area contributed by atoms with Gasteiger partial charge in [0.1, 0.15) is 5.58 Å². The van der Waals surface area contributed by atoms with Gasteiger partial charge in [0, 0.05) is 43.9 Å². The second kappa shape index (κ2) is 11.0. The lowest BCUT2D eigenvalue weighted by Gasteiger charge is -2.13. The minimum Gasteiger partial charge on any atom is -0.454 e. The molecule has 0 saturated heterocycles. The van der Waals surface area contributed by atoms with Gasteiger partial charge in [0.25, 0.3) is 0 Å². The van der Waals surface area contributed by atoms with E-state index in [0.717, 1.165) is 40.5 Å². The number of allylic oxidation sites excluding steroid dienone is 1. The first-order valence-electron chi connectivity index (χ1n) is 17.7. The Labute approximate surface area is 294 Å². The summed E-state index contributed by atoms with van der Waals surface area (Å²) in [5.41, 5.74) is 15.2. The molecule has 0 aliphatic heterocycles. The Kier molecular flexibility index (Phi) is 6.08. The molecular weight excluding hydrogens is 621 g/mol. The van der Waals surface area contributed by atoms with E-state index >= 15 is 0 Å². The van der Waals surface area contributed by atoms with Crippen LogP contribution in [0.5, 0.6) is 0 Å². The van der Waals surface area contributed by atoms with Crippen molar-refractivity contribution >= 4 is 60.7 Å². The summed E-state index contributed by atoms with van der Waals surface area (Å²) in [5.74, 6) is 0. The molecule has 0 fully saturated rings. The summed E-state index contributed by atoms with van der Waals surface area (Å²) < 4.78 is 11.5. The Hall–Kier alpha value is -6.58. The first-order chi connectivity index (χ1) is 25.3. The number of nitrogens with zero attached hydrogens (tertiary/aromatic N) is 2. The van der Waals surface area contributed by atoms with Crippen molar-refractivity contribution in [1.82, 2.24) is 9.13 Å². The summed E-state index contributed by atoms with van der Waals surface area (Å²) in [6.45, 7) is 0. The molecule has 0 amide bonds. The zero-order valence-electron chi connectivity index (χ0n) is 27.9. The van der Waals surface area contributed by atoms with Gasteiger partial charge in [0.05, 0.1) is 22.2 Å². The lowest BCUT2D eigenvalue weighted by molar-refractivity contribution is 0.666. The van der Waals surface area contributed by atoms with Crippen LogP contribution in [0.2, 0.25) is 0 Å². The van der Waals surface area contributed by atoms with Gasteiger partial charge in [0.15, 0.2) is 5.58 Å². The summed E-state index contributed by atoms with van der Waals surface area (Å²) in [6, 6.07) is 57.0. The molecule has 0 saturated carbocycles. The van der Waals surface area contributed by atoms with Crippen LogP contribution in [0.15, 0.2) is 168 Å². The monoisotopic (exact) mass is 652 g/mol. The van der Waals surface area contributed by atoms with E-state index < -0.39 is 0 Å². The predicted octanol–water partition coefficient (Wildman–Crippen LogP) is 12.9. The van der Waals surface area contributed by atoms with Crippen molar-refractivity contribution in [3.8, 4) is 33.6 Å². The van der Waals surface area contributed by atoms with Gasteiger partial charge in [-0.05, 0) is 95.8 Å². The van der Waals surface area contributed by atoms with Crippen LogP contribution in [0.25, 0.3) is 94.4 Å². The van der Waals surface area contributed by atoms with E-state index in [-0.39, 0.29) is 0 Å². The first kappa shape index (κ1) is 28.3. The Morgan fingerprint density at radius 1 is 0.451 bits per heavy atom. The molecule has 0 atom stereocenters. The Balaban J connectivity index is 1.03. The average Bonchev–Trinajstić information content (AvgIpc) is 3.86. The molecule has 3 heteroatoms. The summed E-state index contributed by atoms with van der Waals surface area (Å²) in [6.07, 6.45) is 6.75. The van der Waals surface area contributed by atoms with Crippen LogP contribution in [0.1, 0.15) is 17.7 Å². The standard InChI is InChI=1S/C48H32N2O/c1-2-14-35(15-3-1)49-42-20-7-6-18-38(42)40-29-33(24-26-45(40)49)31-12-10-13-32(28-31)34-25-27-47-41(30-34)39-19-11-23-46(48(39)51-47)50-43-21-8-4-16-36(43)37-17-5-9-22-44(37)50/h1-6,8-19,21-30H,7,20H2. The maximum Gasteiger partial charge on any atom is 0.159 e. The predicted molar refractivity (Wildman–Crippen MR) is 213 cm³/mol. The molecule has 7 aromatic carbocycles. The Morgan fingerprint density at radius 3 is 1.86 bits per heavy atom. The van der Waals surface area contributed by atoms with Gasteiger partial charge in [-0.3, -0.25) is 0 Å². The van der Waals surface area contributed by atoms with Crippen molar-refractivity contribution in [3.05, 3.63) is 175 Å². The van der Waals surface area contributed by atoms with Gasteiger partial charge in [-0.1, -0.05) is 109 Å². The number of hydrogen-bond donors (Lipinski definition) is 0. The van der Waals surface area contributed by atoms with Crippen LogP contribution in [-0.2, 0) is 6.42 Å². The smallest absolute Gasteiger partial charge is 0.159 e. The zero-order valence-corrected chi connectivity index (χ0v) is 27.9. The van der Waals surface area contributed by atoms with E-state index in [1.165, 1.54) is 71.9 Å². The first-order valence-corrected chi connectivity index (χ1v) is 17.7. The van der Waals surface area contributed by atoms with E-state index in [1.807, 2.05) is 0 Å². The largest absolute Gasteiger partial charge is 0.454 e. The van der Waals surface area contributed by atoms with Crippen LogP contribution in [0, 0.1) is 0 Å². The molecule has 0 N–H and O–H groups in total. The summed E-state index contributed by atoms with van der Waals surface area (Å²) in [7, 11) is 0. The zero-order chi connectivity index (χ0) is 33.5. The van der Waals surface area contributed by atoms with Crippen molar-refractivity contribution in [2.75, 3.05) is 0 Å². The summed E-state index contributed by atoms with van der Waals surface area (Å²) >= 11 is 0. The van der Waals surface area contributed by atoms with E-state index in [4.69, 9.17) is 4.42 Å². The minimum atomic E-state index is 0.893. The third-order valence-corrected chi connectivity index (χ3v) is 10.8. The molecule has 0 unspecified atom stereocenters. The number of para-hydroxylation sites is 4. The quantitative estimate of drug-likeness (QED) is 0.186. The van der Waals surface area contributed by atoms with Crippen molar-refractivity contribution in [2.24, 2.45) is 0 Å². The fraction of sp³-hybridized carbons (Fsp3) is 0.0417. The molecule has 10 aromatic rings. The average molecular weight is 653 g/mol. The van der Waals surface area contributed by atoms with Gasteiger partial charge >= 0.3 is 0 Å². The number of fused-ring (bicyclic) bond motifs is 9.